The van der Waals surface area contributed by atoms with E-state index in [2.05, 4.69) is 20.4 Å². The summed E-state index contributed by atoms with van der Waals surface area (Å²) >= 11 is 0. The number of esters is 1. The van der Waals surface area contributed by atoms with E-state index in [1.165, 1.54) is 26.6 Å². The van der Waals surface area contributed by atoms with Gasteiger partial charge in [0.2, 0.25) is 5.91 Å². The average molecular weight is 410 g/mol. The molecule has 29 heavy (non-hydrogen) atoms. The molecule has 164 valence electrons. The normalized spacial score (nSPS) is 11.1. The molecule has 0 aliphatic rings. The standard InChI is InChI=1S/C19H27NO6.C3H8/c1-5-7-8-13(10-17(23)20(3)25-4)9-14-11-15(21)12-16(22)18(14)19(24)26-6-2;1-3-2/h5,11-13,21-22H,1,6-10H2,2-4H3;3H2,1-2H3. The number of carbonyl (C=O) groups excluding carboxylic acids is 2. The van der Waals surface area contributed by atoms with Crippen molar-refractivity contribution < 1.29 is 29.4 Å². The van der Waals surface area contributed by atoms with E-state index in [4.69, 9.17) is 9.57 Å². The largest absolute Gasteiger partial charge is 0.508 e. The molecule has 0 aromatic heterocycles. The number of phenols is 2. The Morgan fingerprint density at radius 2 is 1.86 bits per heavy atom. The number of hydrogen-bond acceptors (Lipinski definition) is 6. The van der Waals surface area contributed by atoms with Gasteiger partial charge >= 0.3 is 5.97 Å². The first-order valence-corrected chi connectivity index (χ1v) is 9.88. The molecule has 1 atom stereocenters. The zero-order chi connectivity index (χ0) is 22.4. The minimum Gasteiger partial charge on any atom is -0.508 e. The van der Waals surface area contributed by atoms with Gasteiger partial charge in [-0.05, 0) is 43.7 Å². The lowest BCUT2D eigenvalue weighted by Gasteiger charge is -2.21. The lowest BCUT2D eigenvalue weighted by atomic mass is 9.89. The molecule has 1 aromatic carbocycles. The smallest absolute Gasteiger partial charge is 0.342 e. The topological polar surface area (TPSA) is 96.3 Å². The van der Waals surface area contributed by atoms with Crippen molar-refractivity contribution in [2.75, 3.05) is 20.8 Å². The van der Waals surface area contributed by atoms with Gasteiger partial charge < -0.3 is 14.9 Å². The summed E-state index contributed by atoms with van der Waals surface area (Å²) in [5.41, 5.74) is 0.448. The number of ether oxygens (including phenoxy) is 1. The first-order chi connectivity index (χ1) is 13.7. The number of rotatable bonds is 10. The Hall–Kier alpha value is -2.54. The maximum absolute atomic E-state index is 12.2. The molecule has 0 heterocycles. The minimum absolute atomic E-state index is 0.0146. The molecule has 1 amide bonds. The van der Waals surface area contributed by atoms with Crippen LogP contribution in [0, 0.1) is 5.92 Å². The number of phenolic OH excluding ortho intramolecular Hbond substituents is 2. The van der Waals surface area contributed by atoms with Gasteiger partial charge in [0.25, 0.3) is 0 Å². The average Bonchev–Trinajstić information content (AvgIpc) is 2.65. The van der Waals surface area contributed by atoms with Crippen molar-refractivity contribution in [2.24, 2.45) is 5.92 Å². The molecule has 7 nitrogen and oxygen atoms in total. The number of allylic oxidation sites excluding steroid dienone is 1. The summed E-state index contributed by atoms with van der Waals surface area (Å²) in [4.78, 5) is 29.3. The first-order valence-electron chi connectivity index (χ1n) is 9.88. The zero-order valence-electron chi connectivity index (χ0n) is 18.2. The molecular weight excluding hydrogens is 374 g/mol. The van der Waals surface area contributed by atoms with Crippen LogP contribution in [-0.4, -0.2) is 47.9 Å². The van der Waals surface area contributed by atoms with Crippen molar-refractivity contribution in [3.8, 4) is 11.5 Å². The van der Waals surface area contributed by atoms with Crippen LogP contribution in [0.15, 0.2) is 24.8 Å². The number of carbonyl (C=O) groups is 2. The molecule has 0 spiro atoms. The highest BCUT2D eigenvalue weighted by Crippen LogP contribution is 2.31. The summed E-state index contributed by atoms with van der Waals surface area (Å²) in [6.07, 6.45) is 4.85. The van der Waals surface area contributed by atoms with Gasteiger partial charge in [-0.2, -0.15) is 0 Å². The third-order valence-corrected chi connectivity index (χ3v) is 4.04. The molecule has 0 saturated carbocycles. The fourth-order valence-electron chi connectivity index (χ4n) is 2.69. The summed E-state index contributed by atoms with van der Waals surface area (Å²) in [6.45, 7) is 9.77. The van der Waals surface area contributed by atoms with E-state index in [0.29, 0.717) is 24.8 Å². The Balaban J connectivity index is 0.00000245. The number of aromatic hydroxyl groups is 2. The fraction of sp³-hybridized carbons (Fsp3) is 0.545. The molecule has 7 heteroatoms. The van der Waals surface area contributed by atoms with E-state index in [-0.39, 0.29) is 41.9 Å². The summed E-state index contributed by atoms with van der Waals surface area (Å²) in [6, 6.07) is 2.51. The second-order valence-electron chi connectivity index (χ2n) is 6.64. The zero-order valence-corrected chi connectivity index (χ0v) is 18.2. The van der Waals surface area contributed by atoms with Crippen LogP contribution in [0.25, 0.3) is 0 Å². The van der Waals surface area contributed by atoms with Gasteiger partial charge in [0.15, 0.2) is 0 Å². The molecule has 1 unspecified atom stereocenters. The summed E-state index contributed by atoms with van der Waals surface area (Å²) in [7, 11) is 2.93. The highest BCUT2D eigenvalue weighted by Gasteiger charge is 2.23. The molecule has 0 aliphatic heterocycles. The minimum atomic E-state index is -0.664. The summed E-state index contributed by atoms with van der Waals surface area (Å²) < 4.78 is 5.00. The van der Waals surface area contributed by atoms with Gasteiger partial charge in [0, 0.05) is 19.5 Å². The Morgan fingerprint density at radius 3 is 2.38 bits per heavy atom. The van der Waals surface area contributed by atoms with Crippen LogP contribution in [0.2, 0.25) is 0 Å². The van der Waals surface area contributed by atoms with E-state index in [0.717, 1.165) is 11.1 Å². The van der Waals surface area contributed by atoms with Crippen LogP contribution in [0.5, 0.6) is 11.5 Å². The number of hydroxylamine groups is 2. The van der Waals surface area contributed by atoms with Crippen LogP contribution < -0.4 is 0 Å². The van der Waals surface area contributed by atoms with Gasteiger partial charge in [-0.15, -0.1) is 6.58 Å². The summed E-state index contributed by atoms with van der Waals surface area (Å²) in [5.74, 6) is -1.51. The van der Waals surface area contributed by atoms with Crippen molar-refractivity contribution >= 4 is 11.9 Å². The third-order valence-electron chi connectivity index (χ3n) is 4.04. The lowest BCUT2D eigenvalue weighted by molar-refractivity contribution is -0.169. The van der Waals surface area contributed by atoms with Crippen LogP contribution in [0.3, 0.4) is 0 Å². The van der Waals surface area contributed by atoms with Crippen molar-refractivity contribution in [3.63, 3.8) is 0 Å². The molecule has 0 aliphatic carbocycles. The van der Waals surface area contributed by atoms with Gasteiger partial charge in [0.05, 0.1) is 13.7 Å². The fourth-order valence-corrected chi connectivity index (χ4v) is 2.69. The number of amides is 1. The lowest BCUT2D eigenvalue weighted by Crippen LogP contribution is -2.28. The third kappa shape index (κ3) is 9.47. The number of benzene rings is 1. The maximum Gasteiger partial charge on any atom is 0.342 e. The van der Waals surface area contributed by atoms with Crippen LogP contribution in [-0.2, 0) is 20.8 Å². The molecule has 2 N–H and O–H groups in total. The molecule has 1 aromatic rings. The Morgan fingerprint density at radius 1 is 1.24 bits per heavy atom. The summed E-state index contributed by atoms with van der Waals surface area (Å²) in [5, 5.41) is 21.0. The van der Waals surface area contributed by atoms with Gasteiger partial charge in [-0.3, -0.25) is 9.63 Å². The van der Waals surface area contributed by atoms with E-state index >= 15 is 0 Å². The molecule has 0 saturated heterocycles. The van der Waals surface area contributed by atoms with Crippen LogP contribution >= 0.6 is 0 Å². The van der Waals surface area contributed by atoms with E-state index in [1.807, 2.05) is 0 Å². The molecule has 0 bridgehead atoms. The second-order valence-corrected chi connectivity index (χ2v) is 6.64. The molecule has 0 radical (unpaired) electrons. The van der Waals surface area contributed by atoms with Crippen molar-refractivity contribution in [1.82, 2.24) is 5.06 Å². The van der Waals surface area contributed by atoms with Crippen molar-refractivity contribution in [3.05, 3.63) is 35.9 Å². The van der Waals surface area contributed by atoms with Gasteiger partial charge in [0.1, 0.15) is 17.1 Å². The molecular formula is C22H35NO6. The van der Waals surface area contributed by atoms with Gasteiger partial charge in [-0.1, -0.05) is 26.3 Å². The quantitative estimate of drug-likeness (QED) is 0.341. The Bertz CT molecular complexity index is 659. The number of nitrogens with zero attached hydrogens (tertiary/aromatic N) is 1. The Labute approximate surface area is 173 Å². The SMILES string of the molecule is C=CCCC(CC(=O)N(C)OC)Cc1cc(O)cc(O)c1C(=O)OCC.CCC. The Kier molecular flexibility index (Phi) is 13.2. The first kappa shape index (κ1) is 26.5. The molecule has 0 fully saturated rings. The monoisotopic (exact) mass is 409 g/mol. The van der Waals surface area contributed by atoms with Crippen LogP contribution in [0.1, 0.15) is 62.4 Å². The van der Waals surface area contributed by atoms with Crippen molar-refractivity contribution in [2.45, 2.75) is 52.9 Å². The maximum atomic E-state index is 12.2. The molecule has 1 rings (SSSR count). The van der Waals surface area contributed by atoms with E-state index in [1.54, 1.807) is 13.0 Å². The van der Waals surface area contributed by atoms with Crippen LogP contribution in [0.4, 0.5) is 0 Å². The predicted octanol–water partition coefficient (Wildman–Crippen LogP) is 4.23. The predicted molar refractivity (Wildman–Crippen MR) is 113 cm³/mol. The second kappa shape index (κ2) is 14.5. The van der Waals surface area contributed by atoms with E-state index < -0.39 is 5.97 Å². The highest BCUT2D eigenvalue weighted by atomic mass is 16.7. The van der Waals surface area contributed by atoms with E-state index in [9.17, 15) is 19.8 Å². The van der Waals surface area contributed by atoms with Crippen molar-refractivity contribution in [1.29, 1.82) is 0 Å². The highest BCUT2D eigenvalue weighted by molar-refractivity contribution is 5.94. The van der Waals surface area contributed by atoms with Gasteiger partial charge in [-0.25, -0.2) is 9.86 Å². The number of hydrogen-bond donors (Lipinski definition) is 2.